The smallest absolute Gasteiger partial charge is 0.207 e. The standard InChI is InChI=1S/C16H14I4O2S/c1-7-11(17)5-13(9(3)15(7)19)23(21,22)14-6-12(18)8(2)16(20)10(14)4/h5-6H,1-4H3. The van der Waals surface area contributed by atoms with E-state index in [1.807, 2.05) is 27.7 Å². The number of halogens is 4. The number of sulfone groups is 1. The summed E-state index contributed by atoms with van der Waals surface area (Å²) in [6.45, 7) is 7.82. The molecule has 0 unspecified atom stereocenters. The molecule has 0 heterocycles. The molecule has 2 nitrogen and oxygen atoms in total. The van der Waals surface area contributed by atoms with Crippen LogP contribution in [0.5, 0.6) is 0 Å². The van der Waals surface area contributed by atoms with Crippen LogP contribution in [-0.2, 0) is 9.84 Å². The van der Waals surface area contributed by atoms with E-state index in [0.29, 0.717) is 9.79 Å². The van der Waals surface area contributed by atoms with Crippen LogP contribution in [0.2, 0.25) is 0 Å². The molecular formula is C16H14I4O2S. The Morgan fingerprint density at radius 1 is 0.652 bits per heavy atom. The van der Waals surface area contributed by atoms with E-state index in [2.05, 4.69) is 90.4 Å². The summed E-state index contributed by atoms with van der Waals surface area (Å²) in [5.41, 5.74) is 3.92. The number of hydrogen-bond donors (Lipinski definition) is 0. The highest BCUT2D eigenvalue weighted by Crippen LogP contribution is 2.35. The molecule has 0 aliphatic heterocycles. The second-order valence-corrected chi connectivity index (χ2v) is 11.7. The molecule has 0 aromatic heterocycles. The fourth-order valence-corrected chi connectivity index (χ4v) is 8.27. The molecule has 0 amide bonds. The van der Waals surface area contributed by atoms with E-state index in [4.69, 9.17) is 0 Å². The molecule has 23 heavy (non-hydrogen) atoms. The quantitative estimate of drug-likeness (QED) is 0.342. The largest absolute Gasteiger partial charge is 0.218 e. The Morgan fingerprint density at radius 3 is 1.26 bits per heavy atom. The van der Waals surface area contributed by atoms with Gasteiger partial charge >= 0.3 is 0 Å². The Bertz CT molecular complexity index is 849. The van der Waals surface area contributed by atoms with Crippen molar-refractivity contribution in [2.45, 2.75) is 37.5 Å². The van der Waals surface area contributed by atoms with Crippen LogP contribution in [-0.4, -0.2) is 8.42 Å². The molecule has 0 aliphatic rings. The van der Waals surface area contributed by atoms with Crippen molar-refractivity contribution in [1.29, 1.82) is 0 Å². The molecular weight excluding hydrogens is 764 g/mol. The fourth-order valence-electron chi connectivity index (χ4n) is 2.33. The molecule has 0 saturated heterocycles. The first-order chi connectivity index (χ1) is 10.5. The van der Waals surface area contributed by atoms with Crippen LogP contribution in [0.3, 0.4) is 0 Å². The molecule has 0 radical (unpaired) electrons. The van der Waals surface area contributed by atoms with Crippen molar-refractivity contribution in [2.75, 3.05) is 0 Å². The van der Waals surface area contributed by atoms with Crippen molar-refractivity contribution in [3.63, 3.8) is 0 Å². The van der Waals surface area contributed by atoms with E-state index >= 15 is 0 Å². The van der Waals surface area contributed by atoms with E-state index < -0.39 is 9.84 Å². The Hall–Kier alpha value is 1.31. The van der Waals surface area contributed by atoms with E-state index in [1.54, 1.807) is 12.1 Å². The lowest BCUT2D eigenvalue weighted by Gasteiger charge is -2.16. The van der Waals surface area contributed by atoms with Crippen molar-refractivity contribution < 1.29 is 8.42 Å². The lowest BCUT2D eigenvalue weighted by molar-refractivity contribution is 0.594. The van der Waals surface area contributed by atoms with Crippen molar-refractivity contribution in [3.8, 4) is 0 Å². The average Bonchev–Trinajstić information content (AvgIpc) is 2.49. The second kappa shape index (κ2) is 7.51. The van der Waals surface area contributed by atoms with Gasteiger partial charge < -0.3 is 0 Å². The summed E-state index contributed by atoms with van der Waals surface area (Å²) < 4.78 is 30.6. The van der Waals surface area contributed by atoms with Crippen LogP contribution < -0.4 is 0 Å². The van der Waals surface area contributed by atoms with Crippen LogP contribution in [0, 0.1) is 42.0 Å². The molecule has 0 bridgehead atoms. The van der Waals surface area contributed by atoms with Gasteiger partial charge in [-0.1, -0.05) is 0 Å². The van der Waals surface area contributed by atoms with E-state index in [9.17, 15) is 8.42 Å². The number of benzene rings is 2. The van der Waals surface area contributed by atoms with Crippen LogP contribution >= 0.6 is 90.4 Å². The van der Waals surface area contributed by atoms with Crippen LogP contribution in [0.4, 0.5) is 0 Å². The maximum absolute atomic E-state index is 13.3. The van der Waals surface area contributed by atoms with Gasteiger partial charge in [0.05, 0.1) is 9.79 Å². The average molecular weight is 778 g/mol. The van der Waals surface area contributed by atoms with E-state index in [1.165, 1.54) is 0 Å². The summed E-state index contributed by atoms with van der Waals surface area (Å²) in [5, 5.41) is 0. The van der Waals surface area contributed by atoms with Crippen molar-refractivity contribution in [3.05, 3.63) is 48.7 Å². The SMILES string of the molecule is Cc1c(I)cc(S(=O)(=O)c2cc(I)c(C)c(I)c2C)c(C)c1I. The van der Waals surface area contributed by atoms with Gasteiger partial charge in [0.1, 0.15) is 0 Å². The maximum atomic E-state index is 13.3. The van der Waals surface area contributed by atoms with Crippen molar-refractivity contribution >= 4 is 100 Å². The molecule has 0 N–H and O–H groups in total. The van der Waals surface area contributed by atoms with Crippen LogP contribution in [0.15, 0.2) is 21.9 Å². The zero-order chi connectivity index (χ0) is 17.7. The zero-order valence-electron chi connectivity index (χ0n) is 12.9. The molecule has 0 aliphatic carbocycles. The van der Waals surface area contributed by atoms with Gasteiger partial charge in [0, 0.05) is 14.3 Å². The number of hydrogen-bond acceptors (Lipinski definition) is 2. The van der Waals surface area contributed by atoms with Gasteiger partial charge in [-0.25, -0.2) is 8.42 Å². The summed E-state index contributed by atoms with van der Waals surface area (Å²) in [6, 6.07) is 3.59. The van der Waals surface area contributed by atoms with Gasteiger partial charge in [-0.3, -0.25) is 0 Å². The molecule has 2 aromatic rings. The van der Waals surface area contributed by atoms with E-state index in [0.717, 1.165) is 36.5 Å². The minimum absolute atomic E-state index is 0.412. The molecule has 0 fully saturated rings. The second-order valence-electron chi connectivity index (χ2n) is 5.34. The first kappa shape index (κ1) is 20.6. The first-order valence-corrected chi connectivity index (χ1v) is 12.5. The minimum atomic E-state index is -3.54. The zero-order valence-corrected chi connectivity index (χ0v) is 22.3. The topological polar surface area (TPSA) is 34.1 Å². The third kappa shape index (κ3) is 3.72. The first-order valence-electron chi connectivity index (χ1n) is 6.65. The molecule has 0 spiro atoms. The Morgan fingerprint density at radius 2 is 0.957 bits per heavy atom. The van der Waals surface area contributed by atoms with Crippen molar-refractivity contribution in [1.82, 2.24) is 0 Å². The molecule has 2 aromatic carbocycles. The fraction of sp³-hybridized carbons (Fsp3) is 0.250. The monoisotopic (exact) mass is 778 g/mol. The summed E-state index contributed by atoms with van der Waals surface area (Å²) in [6.07, 6.45) is 0. The lowest BCUT2D eigenvalue weighted by Crippen LogP contribution is -2.10. The summed E-state index contributed by atoms with van der Waals surface area (Å²) in [4.78, 5) is 0.825. The highest BCUT2D eigenvalue weighted by molar-refractivity contribution is 14.1. The highest BCUT2D eigenvalue weighted by Gasteiger charge is 2.26. The van der Waals surface area contributed by atoms with Crippen LogP contribution in [0.1, 0.15) is 22.3 Å². The summed E-state index contributed by atoms with van der Waals surface area (Å²) in [5.74, 6) is 0. The van der Waals surface area contributed by atoms with E-state index in [-0.39, 0.29) is 0 Å². The van der Waals surface area contributed by atoms with Crippen LogP contribution in [0.25, 0.3) is 0 Å². The van der Waals surface area contributed by atoms with Gasteiger partial charge in [0.15, 0.2) is 0 Å². The molecule has 2 rings (SSSR count). The Balaban J connectivity index is 2.85. The molecule has 124 valence electrons. The molecule has 7 heteroatoms. The third-order valence-corrected chi connectivity index (χ3v) is 11.4. The van der Waals surface area contributed by atoms with Gasteiger partial charge in [-0.15, -0.1) is 0 Å². The predicted molar refractivity (Wildman–Crippen MR) is 128 cm³/mol. The maximum Gasteiger partial charge on any atom is 0.207 e. The Labute approximate surface area is 192 Å². The summed E-state index contributed by atoms with van der Waals surface area (Å²) in [7, 11) is -3.54. The van der Waals surface area contributed by atoms with Crippen molar-refractivity contribution in [2.24, 2.45) is 0 Å². The lowest BCUT2D eigenvalue weighted by atomic mass is 10.1. The molecule has 0 atom stereocenters. The van der Waals surface area contributed by atoms with Gasteiger partial charge in [0.2, 0.25) is 9.84 Å². The summed E-state index contributed by atoms with van der Waals surface area (Å²) >= 11 is 8.88. The minimum Gasteiger partial charge on any atom is -0.218 e. The Kier molecular flexibility index (Phi) is 6.73. The third-order valence-electron chi connectivity index (χ3n) is 3.87. The molecule has 0 saturated carbocycles. The van der Waals surface area contributed by atoms with Gasteiger partial charge in [0.25, 0.3) is 0 Å². The van der Waals surface area contributed by atoms with Gasteiger partial charge in [-0.2, -0.15) is 0 Å². The highest BCUT2D eigenvalue weighted by atomic mass is 127. The predicted octanol–water partition coefficient (Wildman–Crippen LogP) is 6.17. The van der Waals surface area contributed by atoms with Gasteiger partial charge in [-0.05, 0) is 152 Å². The number of rotatable bonds is 2. The normalized spacial score (nSPS) is 11.8.